The minimum Gasteiger partial charge on any atom is -0.380 e. The molecule has 0 N–H and O–H groups in total. The molecule has 1 rings (SSSR count). The van der Waals surface area contributed by atoms with Crippen molar-refractivity contribution >= 4 is 22.2 Å². The van der Waals surface area contributed by atoms with Gasteiger partial charge in [-0.2, -0.15) is 0 Å². The van der Waals surface area contributed by atoms with Crippen molar-refractivity contribution in [3.8, 4) is 0 Å². The first kappa shape index (κ1) is 7.21. The maximum Gasteiger partial charge on any atom is 0.349 e. The van der Waals surface area contributed by atoms with Gasteiger partial charge < -0.3 is 3.83 Å². The van der Waals surface area contributed by atoms with Gasteiger partial charge in [0.15, 0.2) is 16.3 Å². The van der Waals surface area contributed by atoms with Crippen molar-refractivity contribution in [3.63, 3.8) is 0 Å². The summed E-state index contributed by atoms with van der Waals surface area (Å²) in [6, 6.07) is 3.15. The molecule has 0 aliphatic rings. The number of carbonyl (C=O) groups excluding carboxylic acids is 1. The lowest BCUT2D eigenvalue weighted by molar-refractivity contribution is 0.0782. The summed E-state index contributed by atoms with van der Waals surface area (Å²) in [6.45, 7) is 0. The summed E-state index contributed by atoms with van der Waals surface area (Å²) in [5, 5.41) is 0. The fourth-order valence-corrected chi connectivity index (χ4v) is 0.719. The van der Waals surface area contributed by atoms with E-state index in [0.717, 1.165) is 0 Å². The van der Waals surface area contributed by atoms with Crippen molar-refractivity contribution in [2.24, 2.45) is 0 Å². The molecule has 1 heterocycles. The van der Waals surface area contributed by atoms with Gasteiger partial charge in [0.1, 0.15) is 0 Å². The van der Waals surface area contributed by atoms with Crippen LogP contribution >= 0.6 is 16.3 Å². The number of hydrogen-bond donors (Lipinski definition) is 0. The van der Waals surface area contributed by atoms with Crippen molar-refractivity contribution in [2.75, 3.05) is 0 Å². The number of pyridine rings is 1. The molecule has 0 fully saturated rings. The van der Waals surface area contributed by atoms with Gasteiger partial charge >= 0.3 is 5.97 Å². The van der Waals surface area contributed by atoms with E-state index in [4.69, 9.17) is 0 Å². The van der Waals surface area contributed by atoms with Gasteiger partial charge in [-0.05, 0) is 12.1 Å². The Kier molecular flexibility index (Phi) is 2.39. The summed E-state index contributed by atoms with van der Waals surface area (Å²) in [6.07, 6.45) is 3.05. The van der Waals surface area contributed by atoms with Crippen LogP contribution in [-0.4, -0.2) is 11.0 Å². The Bertz CT molecular complexity index is 224. The Labute approximate surface area is 66.5 Å². The number of rotatable bonds is 1. The van der Waals surface area contributed by atoms with Crippen molar-refractivity contribution in [3.05, 3.63) is 30.1 Å². The van der Waals surface area contributed by atoms with E-state index in [0.29, 0.717) is 5.56 Å². The van der Waals surface area contributed by atoms with Crippen LogP contribution in [0.3, 0.4) is 0 Å². The predicted octanol–water partition coefficient (Wildman–Crippen LogP) is 1.55. The largest absolute Gasteiger partial charge is 0.380 e. The normalized spacial score (nSPS) is 8.90. The van der Waals surface area contributed by atoms with E-state index in [-0.39, 0.29) is 0 Å². The molecule has 0 amide bonds. The number of nitrogens with zero attached hydrogens (tertiary/aromatic N) is 1. The van der Waals surface area contributed by atoms with Gasteiger partial charge in [0, 0.05) is 12.4 Å². The fraction of sp³-hybridized carbons (Fsp3) is 0. The molecule has 0 spiro atoms. The second-order valence-electron chi connectivity index (χ2n) is 1.60. The third kappa shape index (κ3) is 1.54. The molecule has 0 bridgehead atoms. The summed E-state index contributed by atoms with van der Waals surface area (Å²) in [5.41, 5.74) is 0.479. The first-order valence-electron chi connectivity index (χ1n) is 2.57. The zero-order chi connectivity index (χ0) is 7.40. The number of halogens is 1. The standard InChI is InChI=1S/C6H4BrNO2/c7-10-6(9)5-1-3-8-4-2-5/h1-4H. The van der Waals surface area contributed by atoms with Crippen LogP contribution in [0, 0.1) is 0 Å². The van der Waals surface area contributed by atoms with E-state index < -0.39 is 5.97 Å². The maximum atomic E-state index is 10.7. The molecule has 0 unspecified atom stereocenters. The summed E-state index contributed by atoms with van der Waals surface area (Å²) >= 11 is 2.58. The topological polar surface area (TPSA) is 39.2 Å². The summed E-state index contributed by atoms with van der Waals surface area (Å²) in [5.74, 6) is -0.414. The average Bonchev–Trinajstić information content (AvgIpc) is 2.05. The summed E-state index contributed by atoms with van der Waals surface area (Å²) in [4.78, 5) is 14.5. The molecule has 0 aliphatic heterocycles. The molecule has 52 valence electrons. The van der Waals surface area contributed by atoms with Crippen LogP contribution < -0.4 is 0 Å². The van der Waals surface area contributed by atoms with E-state index in [1.165, 1.54) is 12.4 Å². The molecule has 1 aromatic rings. The Hall–Kier alpha value is -0.900. The number of carbonyl (C=O) groups is 1. The van der Waals surface area contributed by atoms with Crippen molar-refractivity contribution in [1.29, 1.82) is 0 Å². The van der Waals surface area contributed by atoms with Gasteiger partial charge in [0.25, 0.3) is 0 Å². The smallest absolute Gasteiger partial charge is 0.349 e. The average molecular weight is 202 g/mol. The third-order valence-corrected chi connectivity index (χ3v) is 1.28. The predicted molar refractivity (Wildman–Crippen MR) is 38.6 cm³/mol. The van der Waals surface area contributed by atoms with E-state index in [1.807, 2.05) is 0 Å². The molecule has 0 aromatic carbocycles. The highest BCUT2D eigenvalue weighted by atomic mass is 79.9. The van der Waals surface area contributed by atoms with Gasteiger partial charge in [0.2, 0.25) is 0 Å². The van der Waals surface area contributed by atoms with Gasteiger partial charge in [-0.25, -0.2) is 4.79 Å². The van der Waals surface area contributed by atoms with Gasteiger partial charge in [-0.3, -0.25) is 4.98 Å². The Morgan fingerprint density at radius 2 is 2.10 bits per heavy atom. The van der Waals surface area contributed by atoms with Crippen LogP contribution in [0.4, 0.5) is 0 Å². The SMILES string of the molecule is O=C(OBr)c1ccncc1. The lowest BCUT2D eigenvalue weighted by atomic mass is 10.3. The summed E-state index contributed by atoms with van der Waals surface area (Å²) < 4.78 is 4.28. The highest BCUT2D eigenvalue weighted by Crippen LogP contribution is 2.00. The van der Waals surface area contributed by atoms with E-state index in [2.05, 4.69) is 25.1 Å². The molecular weight excluding hydrogens is 198 g/mol. The quantitative estimate of drug-likeness (QED) is 0.693. The molecule has 0 saturated carbocycles. The highest BCUT2D eigenvalue weighted by Gasteiger charge is 2.02. The summed E-state index contributed by atoms with van der Waals surface area (Å²) in [7, 11) is 0. The number of hydrogen-bond acceptors (Lipinski definition) is 3. The van der Waals surface area contributed by atoms with Gasteiger partial charge in [-0.15, -0.1) is 0 Å². The van der Waals surface area contributed by atoms with Crippen LogP contribution in [0.15, 0.2) is 24.5 Å². The molecule has 10 heavy (non-hydrogen) atoms. The van der Waals surface area contributed by atoms with Crippen molar-refractivity contribution in [2.45, 2.75) is 0 Å². The lowest BCUT2D eigenvalue weighted by Crippen LogP contribution is -1.96. The molecule has 0 aliphatic carbocycles. The molecular formula is C6H4BrNO2. The van der Waals surface area contributed by atoms with Crippen molar-refractivity contribution < 1.29 is 8.62 Å². The second-order valence-corrected chi connectivity index (χ2v) is 1.92. The minimum absolute atomic E-state index is 0.414. The van der Waals surface area contributed by atoms with Crippen LogP contribution in [0.2, 0.25) is 0 Å². The molecule has 0 radical (unpaired) electrons. The Balaban J connectivity index is 2.85. The zero-order valence-electron chi connectivity index (χ0n) is 4.95. The highest BCUT2D eigenvalue weighted by molar-refractivity contribution is 9.06. The van der Waals surface area contributed by atoms with Crippen LogP contribution in [0.25, 0.3) is 0 Å². The minimum atomic E-state index is -0.414. The Morgan fingerprint density at radius 3 is 2.60 bits per heavy atom. The van der Waals surface area contributed by atoms with E-state index >= 15 is 0 Å². The first-order valence-corrected chi connectivity index (χ1v) is 3.22. The molecule has 0 saturated heterocycles. The van der Waals surface area contributed by atoms with Gasteiger partial charge in [0.05, 0.1) is 5.56 Å². The molecule has 0 atom stereocenters. The molecule has 4 heteroatoms. The van der Waals surface area contributed by atoms with E-state index in [1.54, 1.807) is 12.1 Å². The first-order chi connectivity index (χ1) is 4.84. The molecule has 3 nitrogen and oxygen atoms in total. The van der Waals surface area contributed by atoms with Crippen molar-refractivity contribution in [1.82, 2.24) is 4.98 Å². The van der Waals surface area contributed by atoms with E-state index in [9.17, 15) is 4.79 Å². The van der Waals surface area contributed by atoms with Crippen LogP contribution in [-0.2, 0) is 3.83 Å². The molecule has 1 aromatic heterocycles. The maximum absolute atomic E-state index is 10.7. The van der Waals surface area contributed by atoms with Crippen LogP contribution in [0.5, 0.6) is 0 Å². The monoisotopic (exact) mass is 201 g/mol. The fourth-order valence-electron chi connectivity index (χ4n) is 0.533. The second kappa shape index (κ2) is 3.31. The lowest BCUT2D eigenvalue weighted by Gasteiger charge is -1.92. The Morgan fingerprint density at radius 1 is 1.50 bits per heavy atom. The third-order valence-electron chi connectivity index (χ3n) is 0.986. The van der Waals surface area contributed by atoms with Crippen LogP contribution in [0.1, 0.15) is 10.4 Å². The van der Waals surface area contributed by atoms with Gasteiger partial charge in [-0.1, -0.05) is 0 Å². The zero-order valence-corrected chi connectivity index (χ0v) is 6.54. The number of aromatic nitrogens is 1.